The van der Waals surface area contributed by atoms with Crippen molar-refractivity contribution in [2.45, 2.75) is 90.2 Å². The van der Waals surface area contributed by atoms with Gasteiger partial charge in [-0.05, 0) is 76.0 Å². The molecular formula is C24H31NO4. The lowest BCUT2D eigenvalue weighted by Gasteiger charge is -2.41. The highest BCUT2D eigenvalue weighted by Gasteiger charge is 2.37. The predicted molar refractivity (Wildman–Crippen MR) is 114 cm³/mol. The molecule has 1 saturated carbocycles. The number of aryl methyl sites for hydroxylation is 2. The van der Waals surface area contributed by atoms with Crippen LogP contribution in [0, 0.1) is 6.92 Å². The molecule has 2 aliphatic rings. The molecule has 2 aromatic rings. The molecule has 5 nitrogen and oxygen atoms in total. The lowest BCUT2D eigenvalue weighted by atomic mass is 9.79. The normalized spacial score (nSPS) is 18.9. The highest BCUT2D eigenvalue weighted by molar-refractivity contribution is 5.86. The quantitative estimate of drug-likeness (QED) is 0.767. The van der Waals surface area contributed by atoms with Gasteiger partial charge < -0.3 is 14.5 Å². The van der Waals surface area contributed by atoms with E-state index >= 15 is 0 Å². The first kappa shape index (κ1) is 20.0. The van der Waals surface area contributed by atoms with Crippen molar-refractivity contribution in [2.75, 3.05) is 0 Å². The zero-order valence-electron chi connectivity index (χ0n) is 17.7. The van der Waals surface area contributed by atoms with Gasteiger partial charge in [-0.25, -0.2) is 4.79 Å². The van der Waals surface area contributed by atoms with Crippen LogP contribution in [0.5, 0.6) is 5.75 Å². The number of benzene rings is 1. The van der Waals surface area contributed by atoms with Crippen LogP contribution in [0.15, 0.2) is 21.3 Å². The van der Waals surface area contributed by atoms with Crippen LogP contribution in [-0.4, -0.2) is 17.6 Å². The summed E-state index contributed by atoms with van der Waals surface area (Å²) in [6, 6.07) is 4.07. The lowest BCUT2D eigenvalue weighted by molar-refractivity contribution is -0.121. The Labute approximate surface area is 171 Å². The Hall–Kier alpha value is -2.30. The van der Waals surface area contributed by atoms with Crippen molar-refractivity contribution in [1.82, 2.24) is 5.32 Å². The maximum atomic E-state index is 12.6. The molecule has 2 heterocycles. The van der Waals surface area contributed by atoms with E-state index in [0.29, 0.717) is 11.1 Å². The summed E-state index contributed by atoms with van der Waals surface area (Å²) in [7, 11) is 0. The second kappa shape index (κ2) is 7.85. The average Bonchev–Trinajstić information content (AvgIpc) is 2.70. The van der Waals surface area contributed by atoms with Gasteiger partial charge >= 0.3 is 5.63 Å². The molecule has 1 spiro atoms. The Morgan fingerprint density at radius 1 is 1.21 bits per heavy atom. The first-order valence-electron chi connectivity index (χ1n) is 11.0. The summed E-state index contributed by atoms with van der Waals surface area (Å²) < 4.78 is 12.1. The highest BCUT2D eigenvalue weighted by atomic mass is 16.5. The third-order valence-electron chi connectivity index (χ3n) is 6.77. The van der Waals surface area contributed by atoms with Crippen molar-refractivity contribution in [3.63, 3.8) is 0 Å². The summed E-state index contributed by atoms with van der Waals surface area (Å²) in [6.07, 6.45) is 8.87. The van der Waals surface area contributed by atoms with Gasteiger partial charge in [-0.2, -0.15) is 0 Å². The van der Waals surface area contributed by atoms with Crippen molar-refractivity contribution >= 4 is 16.9 Å². The molecule has 1 aromatic heterocycles. The fourth-order valence-corrected chi connectivity index (χ4v) is 4.74. The van der Waals surface area contributed by atoms with Gasteiger partial charge in [0.2, 0.25) is 5.91 Å². The van der Waals surface area contributed by atoms with Crippen LogP contribution in [0.3, 0.4) is 0 Å². The molecule has 0 radical (unpaired) electrons. The number of ether oxygens (including phenoxy) is 1. The Morgan fingerprint density at radius 2 is 1.97 bits per heavy atom. The van der Waals surface area contributed by atoms with Crippen LogP contribution >= 0.6 is 0 Å². The molecule has 0 bridgehead atoms. The Kier molecular flexibility index (Phi) is 5.41. The van der Waals surface area contributed by atoms with Crippen LogP contribution in [-0.2, 0) is 17.6 Å². The fourth-order valence-electron chi connectivity index (χ4n) is 4.74. The van der Waals surface area contributed by atoms with Crippen LogP contribution in [0.2, 0.25) is 0 Å². The second-order valence-corrected chi connectivity index (χ2v) is 8.85. The molecule has 4 rings (SSSR count). The van der Waals surface area contributed by atoms with Gasteiger partial charge in [0.15, 0.2) is 0 Å². The number of hydrogen-bond acceptors (Lipinski definition) is 4. The monoisotopic (exact) mass is 397 g/mol. The van der Waals surface area contributed by atoms with E-state index < -0.39 is 5.63 Å². The van der Waals surface area contributed by atoms with Crippen molar-refractivity contribution in [2.24, 2.45) is 0 Å². The molecule has 1 fully saturated rings. The number of nitrogens with one attached hydrogen (secondary N) is 1. The second-order valence-electron chi connectivity index (χ2n) is 8.85. The maximum Gasteiger partial charge on any atom is 0.340 e. The van der Waals surface area contributed by atoms with Gasteiger partial charge in [0, 0.05) is 17.5 Å². The van der Waals surface area contributed by atoms with Crippen molar-refractivity contribution in [3.05, 3.63) is 39.2 Å². The number of rotatable bonds is 4. The summed E-state index contributed by atoms with van der Waals surface area (Å²) >= 11 is 0. The van der Waals surface area contributed by atoms with Crippen molar-refractivity contribution in [1.29, 1.82) is 0 Å². The Balaban J connectivity index is 1.66. The average molecular weight is 398 g/mol. The van der Waals surface area contributed by atoms with Crippen LogP contribution < -0.4 is 15.7 Å². The molecule has 1 aliphatic heterocycles. The maximum absolute atomic E-state index is 12.6. The van der Waals surface area contributed by atoms with Crippen LogP contribution in [0.4, 0.5) is 0 Å². The lowest BCUT2D eigenvalue weighted by Crippen LogP contribution is -2.41. The Bertz CT molecular complexity index is 985. The molecule has 1 aromatic carbocycles. The van der Waals surface area contributed by atoms with E-state index in [9.17, 15) is 9.59 Å². The summed E-state index contributed by atoms with van der Waals surface area (Å²) in [5.74, 6) is 0.713. The zero-order chi connectivity index (χ0) is 20.6. The molecule has 29 heavy (non-hydrogen) atoms. The van der Waals surface area contributed by atoms with Crippen LogP contribution in [0.1, 0.15) is 75.5 Å². The van der Waals surface area contributed by atoms with E-state index in [1.54, 1.807) is 0 Å². The summed E-state index contributed by atoms with van der Waals surface area (Å²) in [4.78, 5) is 24.9. The van der Waals surface area contributed by atoms with Crippen molar-refractivity contribution in [3.8, 4) is 5.75 Å². The van der Waals surface area contributed by atoms with E-state index in [-0.39, 0.29) is 24.0 Å². The molecule has 0 unspecified atom stereocenters. The number of amides is 1. The molecule has 5 heteroatoms. The van der Waals surface area contributed by atoms with Gasteiger partial charge in [0.1, 0.15) is 16.9 Å². The van der Waals surface area contributed by atoms with Gasteiger partial charge in [0.25, 0.3) is 0 Å². The standard InChI is InChI=1S/C24H31NO4/c1-4-15(2)25-22(26)13-19-16(3)18-12-17-8-11-24(9-6-5-7-10-24)29-20(17)14-21(18)28-23(19)27/h12,14-15H,4-11,13H2,1-3H3,(H,25,26)/t15-/m0/s1. The molecule has 1 amide bonds. The summed E-state index contributed by atoms with van der Waals surface area (Å²) in [5.41, 5.74) is 2.51. The van der Waals surface area contributed by atoms with E-state index in [1.807, 2.05) is 26.8 Å². The fraction of sp³-hybridized carbons (Fsp3) is 0.583. The molecule has 1 N–H and O–H groups in total. The highest BCUT2D eigenvalue weighted by Crippen LogP contribution is 2.43. The number of carbonyl (C=O) groups is 1. The summed E-state index contributed by atoms with van der Waals surface area (Å²) in [6.45, 7) is 5.88. The topological polar surface area (TPSA) is 68.5 Å². The van der Waals surface area contributed by atoms with E-state index in [0.717, 1.165) is 48.8 Å². The number of fused-ring (bicyclic) bond motifs is 2. The SMILES string of the molecule is CC[C@H](C)NC(=O)Cc1c(C)c2cc3c(cc2oc1=O)OC1(CCCCC1)CC3. The minimum atomic E-state index is -0.433. The third kappa shape index (κ3) is 3.92. The largest absolute Gasteiger partial charge is 0.487 e. The number of hydrogen-bond donors (Lipinski definition) is 1. The molecule has 1 aliphatic carbocycles. The van der Waals surface area contributed by atoms with Crippen molar-refractivity contribution < 1.29 is 13.9 Å². The van der Waals surface area contributed by atoms with Crippen LogP contribution in [0.25, 0.3) is 11.0 Å². The first-order valence-corrected chi connectivity index (χ1v) is 11.0. The minimum absolute atomic E-state index is 0.0394. The molecular weight excluding hydrogens is 366 g/mol. The van der Waals surface area contributed by atoms with Gasteiger partial charge in [0.05, 0.1) is 12.0 Å². The van der Waals surface area contributed by atoms with Gasteiger partial charge in [-0.3, -0.25) is 4.79 Å². The van der Waals surface area contributed by atoms with Gasteiger partial charge in [-0.15, -0.1) is 0 Å². The summed E-state index contributed by atoms with van der Waals surface area (Å²) in [5, 5.41) is 3.82. The van der Waals surface area contributed by atoms with Gasteiger partial charge in [-0.1, -0.05) is 13.3 Å². The predicted octanol–water partition coefficient (Wildman–Crippen LogP) is 4.59. The number of carbonyl (C=O) groups excluding carboxylic acids is 1. The minimum Gasteiger partial charge on any atom is -0.487 e. The van der Waals surface area contributed by atoms with E-state index in [1.165, 1.54) is 24.8 Å². The van der Waals surface area contributed by atoms with E-state index in [4.69, 9.17) is 9.15 Å². The third-order valence-corrected chi connectivity index (χ3v) is 6.77. The first-order chi connectivity index (χ1) is 13.9. The Morgan fingerprint density at radius 3 is 2.69 bits per heavy atom. The molecule has 0 saturated heterocycles. The molecule has 1 atom stereocenters. The zero-order valence-corrected chi connectivity index (χ0v) is 17.7. The smallest absolute Gasteiger partial charge is 0.340 e. The molecule has 156 valence electrons. The van der Waals surface area contributed by atoms with E-state index in [2.05, 4.69) is 11.4 Å².